The van der Waals surface area contributed by atoms with Gasteiger partial charge < -0.3 is 11.9 Å². The van der Waals surface area contributed by atoms with Crippen molar-refractivity contribution in [2.45, 2.75) is 87.9 Å². The summed E-state index contributed by atoms with van der Waals surface area (Å²) in [7, 11) is 0. The fourth-order valence-electron chi connectivity index (χ4n) is 2.85. The summed E-state index contributed by atoms with van der Waals surface area (Å²) in [5.41, 5.74) is 8.71. The first-order chi connectivity index (χ1) is 12.1. The van der Waals surface area contributed by atoms with Crippen LogP contribution in [0, 0.1) is 10.8 Å². The second-order valence-electron chi connectivity index (χ2n) is 8.20. The van der Waals surface area contributed by atoms with Crippen molar-refractivity contribution in [2.24, 2.45) is 16.6 Å². The first-order valence-corrected chi connectivity index (χ1v) is 10.3. The fourth-order valence-corrected chi connectivity index (χ4v) is 2.85. The van der Waals surface area contributed by atoms with Gasteiger partial charge in [-0.05, 0) is 29.7 Å². The number of nitrogens with one attached hydrogen (secondary N) is 2. The topological polar surface area (TPSA) is 85.1 Å². The van der Waals surface area contributed by atoms with Gasteiger partial charge in [0.1, 0.15) is 0 Å². The number of hydrogen-bond donors (Lipinski definition) is 4. The Morgan fingerprint density at radius 1 is 1.21 bits per heavy atom. The van der Waals surface area contributed by atoms with Crippen LogP contribution in [0.25, 0.3) is 0 Å². The van der Waals surface area contributed by atoms with Crippen molar-refractivity contribution in [3.63, 3.8) is 0 Å². The maximum atomic E-state index is 5.92. The SMILES string of the molecule is C=C/C(C)=C\C(C)(C)CNC1NC(C(C)(C)C)CC=C1CN.CC.CC.I.N. The van der Waals surface area contributed by atoms with Crippen molar-refractivity contribution >= 4 is 24.0 Å². The predicted octanol–water partition coefficient (Wildman–Crippen LogP) is 6.19. The van der Waals surface area contributed by atoms with E-state index in [1.165, 1.54) is 11.1 Å². The highest BCUT2D eigenvalue weighted by Crippen LogP contribution is 2.27. The Kier molecular flexibility index (Phi) is 22.2. The summed E-state index contributed by atoms with van der Waals surface area (Å²) < 4.78 is 0. The average molecular weight is 511 g/mol. The van der Waals surface area contributed by atoms with Gasteiger partial charge in [0.2, 0.25) is 0 Å². The van der Waals surface area contributed by atoms with Gasteiger partial charge in [-0.2, -0.15) is 0 Å². The van der Waals surface area contributed by atoms with Crippen LogP contribution in [0.4, 0.5) is 0 Å². The van der Waals surface area contributed by atoms with Gasteiger partial charge in [0.15, 0.2) is 0 Å². The van der Waals surface area contributed by atoms with Crippen molar-refractivity contribution in [3.05, 3.63) is 36.0 Å². The Morgan fingerprint density at radius 3 is 2.11 bits per heavy atom. The zero-order valence-electron chi connectivity index (χ0n) is 20.4. The largest absolute Gasteiger partial charge is 0.344 e. The minimum Gasteiger partial charge on any atom is -0.344 e. The van der Waals surface area contributed by atoms with Crippen LogP contribution >= 0.6 is 24.0 Å². The Morgan fingerprint density at radius 2 is 1.71 bits per heavy atom. The Bertz CT molecular complexity index is 448. The molecule has 0 spiro atoms. The van der Waals surface area contributed by atoms with Crippen LogP contribution in [0.15, 0.2) is 36.0 Å². The van der Waals surface area contributed by atoms with Crippen LogP contribution < -0.4 is 22.5 Å². The van der Waals surface area contributed by atoms with Crippen LogP contribution in [0.3, 0.4) is 0 Å². The van der Waals surface area contributed by atoms with E-state index >= 15 is 0 Å². The Hall–Kier alpha value is -0.210. The average Bonchev–Trinajstić information content (AvgIpc) is 2.62. The van der Waals surface area contributed by atoms with Crippen molar-refractivity contribution in [2.75, 3.05) is 13.1 Å². The smallest absolute Gasteiger partial charge is 0.0809 e. The molecule has 28 heavy (non-hydrogen) atoms. The van der Waals surface area contributed by atoms with Gasteiger partial charge in [-0.3, -0.25) is 10.6 Å². The molecule has 0 saturated heterocycles. The lowest BCUT2D eigenvalue weighted by atomic mass is 9.82. The molecule has 0 aliphatic carbocycles. The van der Waals surface area contributed by atoms with E-state index < -0.39 is 0 Å². The Balaban J connectivity index is -0.000000449. The normalized spacial score (nSPS) is 19.4. The third-order valence-corrected chi connectivity index (χ3v) is 4.34. The standard InChI is InChI=1S/C19H35N3.2C2H6.HI.H3N/c1-8-14(2)11-19(6,7)13-21-17-15(12-20)9-10-16(22-17)18(3,4)5;2*1-2;;/h8-9,11,16-17,21-22H,1,10,12-13,20H2,2-7H3;2*1-2H3;1H;1H3/b14-11-;;;;. The molecule has 0 saturated carbocycles. The van der Waals surface area contributed by atoms with Crippen molar-refractivity contribution in [1.82, 2.24) is 16.8 Å². The van der Waals surface area contributed by atoms with E-state index in [0.29, 0.717) is 12.6 Å². The van der Waals surface area contributed by atoms with Gasteiger partial charge >= 0.3 is 0 Å². The molecule has 170 valence electrons. The highest BCUT2D eigenvalue weighted by molar-refractivity contribution is 14.0. The number of allylic oxidation sites excluding steroid dienone is 2. The molecule has 0 aromatic carbocycles. The second kappa shape index (κ2) is 17.6. The highest BCUT2D eigenvalue weighted by atomic mass is 127. The molecule has 0 radical (unpaired) electrons. The summed E-state index contributed by atoms with van der Waals surface area (Å²) in [6.07, 6.45) is 7.69. The number of halogens is 1. The molecule has 0 aromatic rings. The van der Waals surface area contributed by atoms with Crippen LogP contribution in [-0.4, -0.2) is 25.3 Å². The molecular weight excluding hydrogens is 459 g/mol. The summed E-state index contributed by atoms with van der Waals surface area (Å²) in [5.74, 6) is 0. The molecular formula is C23H51IN4. The van der Waals surface area contributed by atoms with E-state index in [9.17, 15) is 0 Å². The van der Waals surface area contributed by atoms with Gasteiger partial charge in [0.05, 0.1) is 6.17 Å². The molecule has 0 amide bonds. The number of rotatable bonds is 6. The molecule has 1 rings (SSSR count). The van der Waals surface area contributed by atoms with Gasteiger partial charge in [0.25, 0.3) is 0 Å². The lowest BCUT2D eigenvalue weighted by Crippen LogP contribution is -2.56. The molecule has 1 aliphatic heterocycles. The zero-order valence-corrected chi connectivity index (χ0v) is 22.7. The summed E-state index contributed by atoms with van der Waals surface area (Å²) in [6, 6.07) is 0.467. The van der Waals surface area contributed by atoms with Gasteiger partial charge in [-0.1, -0.05) is 92.7 Å². The molecule has 0 bridgehead atoms. The minimum atomic E-state index is 0. The van der Waals surface area contributed by atoms with Gasteiger partial charge in [-0.25, -0.2) is 0 Å². The van der Waals surface area contributed by atoms with Crippen LogP contribution in [-0.2, 0) is 0 Å². The van der Waals surface area contributed by atoms with Crippen molar-refractivity contribution in [3.8, 4) is 0 Å². The zero-order chi connectivity index (χ0) is 21.0. The molecule has 4 nitrogen and oxygen atoms in total. The van der Waals surface area contributed by atoms with E-state index in [1.807, 2.05) is 33.8 Å². The summed E-state index contributed by atoms with van der Waals surface area (Å²) >= 11 is 0. The number of nitrogens with two attached hydrogens (primary N) is 1. The fraction of sp³-hybridized carbons (Fsp3) is 0.739. The molecule has 7 N–H and O–H groups in total. The lowest BCUT2D eigenvalue weighted by Gasteiger charge is -2.40. The minimum absolute atomic E-state index is 0. The van der Waals surface area contributed by atoms with E-state index in [4.69, 9.17) is 5.73 Å². The maximum Gasteiger partial charge on any atom is 0.0809 e. The van der Waals surface area contributed by atoms with Crippen molar-refractivity contribution in [1.29, 1.82) is 0 Å². The summed E-state index contributed by atoms with van der Waals surface area (Å²) in [4.78, 5) is 0. The van der Waals surface area contributed by atoms with Crippen LogP contribution in [0.5, 0.6) is 0 Å². The van der Waals surface area contributed by atoms with E-state index in [0.717, 1.165) is 13.0 Å². The monoisotopic (exact) mass is 510 g/mol. The summed E-state index contributed by atoms with van der Waals surface area (Å²) in [5, 5.41) is 7.39. The molecule has 5 heteroatoms. The molecule has 1 aliphatic rings. The van der Waals surface area contributed by atoms with Crippen LogP contribution in [0.1, 0.15) is 75.7 Å². The predicted molar refractivity (Wildman–Crippen MR) is 141 cm³/mol. The Labute approximate surface area is 193 Å². The van der Waals surface area contributed by atoms with E-state index in [1.54, 1.807) is 0 Å². The first kappa shape index (κ1) is 35.2. The second-order valence-corrected chi connectivity index (χ2v) is 8.20. The van der Waals surface area contributed by atoms with Gasteiger partial charge in [-0.15, -0.1) is 24.0 Å². The quantitative estimate of drug-likeness (QED) is 0.195. The maximum absolute atomic E-state index is 5.92. The first-order valence-electron chi connectivity index (χ1n) is 10.3. The third kappa shape index (κ3) is 13.9. The number of hydrogen-bond acceptors (Lipinski definition) is 4. The molecule has 0 fully saturated rings. The van der Waals surface area contributed by atoms with Crippen molar-refractivity contribution < 1.29 is 0 Å². The van der Waals surface area contributed by atoms with E-state index in [2.05, 4.69) is 70.9 Å². The van der Waals surface area contributed by atoms with Gasteiger partial charge in [0, 0.05) is 19.1 Å². The highest BCUT2D eigenvalue weighted by Gasteiger charge is 2.31. The molecule has 1 heterocycles. The van der Waals surface area contributed by atoms with E-state index in [-0.39, 0.29) is 47.1 Å². The molecule has 2 atom stereocenters. The third-order valence-electron chi connectivity index (χ3n) is 4.34. The molecule has 0 aromatic heterocycles. The summed E-state index contributed by atoms with van der Waals surface area (Å²) in [6.45, 7) is 26.7. The van der Waals surface area contributed by atoms with Crippen LogP contribution in [0.2, 0.25) is 0 Å². The molecule has 2 unspecified atom stereocenters. The lowest BCUT2D eigenvalue weighted by molar-refractivity contribution is 0.225.